The Morgan fingerprint density at radius 3 is 2.67 bits per heavy atom. The molecule has 0 aliphatic carbocycles. The molecule has 0 spiro atoms. The SMILES string of the molecule is COc1c(C(=O)OCC2CCN(CCNS(C)(=O)=O)CC2)c2cc(F)ccc2n1O. The summed E-state index contributed by atoms with van der Waals surface area (Å²) in [7, 11) is -1.88. The number of nitrogens with one attached hydrogen (secondary N) is 1. The van der Waals surface area contributed by atoms with Gasteiger partial charge in [-0.2, -0.15) is 4.73 Å². The molecule has 0 radical (unpaired) electrons. The lowest BCUT2D eigenvalue weighted by atomic mass is 9.98. The number of fused-ring (bicyclic) bond motifs is 1. The fourth-order valence-electron chi connectivity index (χ4n) is 3.64. The number of sulfonamides is 1. The summed E-state index contributed by atoms with van der Waals surface area (Å²) in [5.41, 5.74) is 0.231. The largest absolute Gasteiger partial charge is 0.480 e. The Hall–Kier alpha value is -2.37. The Morgan fingerprint density at radius 2 is 2.03 bits per heavy atom. The maximum absolute atomic E-state index is 13.7. The lowest BCUT2D eigenvalue weighted by Crippen LogP contribution is -2.40. The highest BCUT2D eigenvalue weighted by molar-refractivity contribution is 7.88. The highest BCUT2D eigenvalue weighted by atomic mass is 32.2. The molecule has 0 bridgehead atoms. The van der Waals surface area contributed by atoms with Crippen molar-refractivity contribution in [2.24, 2.45) is 5.92 Å². The van der Waals surface area contributed by atoms with Crippen LogP contribution in [-0.4, -0.2) is 75.4 Å². The van der Waals surface area contributed by atoms with Crippen LogP contribution in [0.2, 0.25) is 0 Å². The lowest BCUT2D eigenvalue weighted by molar-refractivity contribution is 0.0368. The molecule has 0 atom stereocenters. The third kappa shape index (κ3) is 5.21. The number of carbonyl (C=O) groups excluding carboxylic acids is 1. The molecule has 166 valence electrons. The van der Waals surface area contributed by atoms with E-state index in [9.17, 15) is 22.8 Å². The number of likely N-dealkylation sites (tertiary alicyclic amines) is 1. The summed E-state index contributed by atoms with van der Waals surface area (Å²) < 4.78 is 49.6. The second-order valence-corrected chi connectivity index (χ2v) is 9.24. The quantitative estimate of drug-likeness (QED) is 0.469. The van der Waals surface area contributed by atoms with Gasteiger partial charge in [-0.3, -0.25) is 0 Å². The van der Waals surface area contributed by atoms with Crippen molar-refractivity contribution in [3.05, 3.63) is 29.6 Å². The van der Waals surface area contributed by atoms with E-state index in [0.29, 0.717) is 17.8 Å². The smallest absolute Gasteiger partial charge is 0.344 e. The summed E-state index contributed by atoms with van der Waals surface area (Å²) in [6, 6.07) is 3.70. The maximum atomic E-state index is 13.7. The average Bonchev–Trinajstić information content (AvgIpc) is 2.97. The molecule has 2 N–H and O–H groups in total. The first kappa shape index (κ1) is 22.3. The standard InChI is InChI=1S/C19H26FN3O6S/c1-28-18-17(15-11-14(20)3-4-16(15)23(18)25)19(24)29-12-13-5-8-22(9-6-13)10-7-21-30(2,26)27/h3-4,11,13,21,25H,5-10,12H2,1-2H3. The van der Waals surface area contributed by atoms with Gasteiger partial charge in [0.15, 0.2) is 0 Å². The van der Waals surface area contributed by atoms with Crippen LogP contribution in [0.3, 0.4) is 0 Å². The molecule has 2 aromatic rings. The van der Waals surface area contributed by atoms with Crippen molar-refractivity contribution in [3.8, 4) is 5.88 Å². The highest BCUT2D eigenvalue weighted by Gasteiger charge is 2.27. The van der Waals surface area contributed by atoms with Crippen LogP contribution in [0.4, 0.5) is 4.39 Å². The molecule has 11 heteroatoms. The van der Waals surface area contributed by atoms with E-state index in [-0.39, 0.29) is 34.9 Å². The van der Waals surface area contributed by atoms with Gasteiger partial charge in [0.1, 0.15) is 11.4 Å². The van der Waals surface area contributed by atoms with Crippen molar-refractivity contribution in [2.75, 3.05) is 46.2 Å². The van der Waals surface area contributed by atoms with Gasteiger partial charge in [0, 0.05) is 18.5 Å². The topological polar surface area (TPSA) is 110 Å². The van der Waals surface area contributed by atoms with Crippen LogP contribution in [-0.2, 0) is 14.8 Å². The average molecular weight is 443 g/mol. The van der Waals surface area contributed by atoms with Crippen molar-refractivity contribution < 1.29 is 32.3 Å². The first-order valence-corrected chi connectivity index (χ1v) is 11.5. The predicted molar refractivity (Wildman–Crippen MR) is 108 cm³/mol. The van der Waals surface area contributed by atoms with Crippen LogP contribution in [0.1, 0.15) is 23.2 Å². The van der Waals surface area contributed by atoms with Crippen LogP contribution in [0.15, 0.2) is 18.2 Å². The van der Waals surface area contributed by atoms with Crippen molar-refractivity contribution >= 4 is 26.9 Å². The Morgan fingerprint density at radius 1 is 1.33 bits per heavy atom. The minimum atomic E-state index is -3.19. The molecule has 9 nitrogen and oxygen atoms in total. The summed E-state index contributed by atoms with van der Waals surface area (Å²) in [4.78, 5) is 14.8. The molecule has 1 aliphatic heterocycles. The van der Waals surface area contributed by atoms with Crippen LogP contribution >= 0.6 is 0 Å². The van der Waals surface area contributed by atoms with E-state index < -0.39 is 21.8 Å². The van der Waals surface area contributed by atoms with Crippen LogP contribution in [0.5, 0.6) is 5.88 Å². The van der Waals surface area contributed by atoms with E-state index in [1.165, 1.54) is 19.2 Å². The molecule has 1 saturated heterocycles. The van der Waals surface area contributed by atoms with Gasteiger partial charge in [-0.25, -0.2) is 22.3 Å². The zero-order chi connectivity index (χ0) is 21.9. The summed E-state index contributed by atoms with van der Waals surface area (Å²) in [6.45, 7) is 2.74. The number of carbonyl (C=O) groups is 1. The summed E-state index contributed by atoms with van der Waals surface area (Å²) in [6.07, 6.45) is 2.74. The second kappa shape index (κ2) is 9.19. The first-order valence-electron chi connectivity index (χ1n) is 9.61. The molecule has 1 aromatic heterocycles. The van der Waals surface area contributed by atoms with E-state index in [4.69, 9.17) is 9.47 Å². The fraction of sp³-hybridized carbons (Fsp3) is 0.526. The molecule has 0 unspecified atom stereocenters. The number of ether oxygens (including phenoxy) is 2. The van der Waals surface area contributed by atoms with Crippen LogP contribution < -0.4 is 9.46 Å². The van der Waals surface area contributed by atoms with Crippen LogP contribution in [0, 0.1) is 11.7 Å². The Bertz CT molecular complexity index is 1010. The van der Waals surface area contributed by atoms with Gasteiger partial charge in [-0.15, -0.1) is 0 Å². The van der Waals surface area contributed by atoms with Gasteiger partial charge in [-0.1, -0.05) is 0 Å². The third-order valence-electron chi connectivity index (χ3n) is 5.21. The molecule has 30 heavy (non-hydrogen) atoms. The molecule has 0 saturated carbocycles. The second-order valence-electron chi connectivity index (χ2n) is 7.41. The van der Waals surface area contributed by atoms with Gasteiger partial charge in [0.2, 0.25) is 15.9 Å². The minimum absolute atomic E-state index is 0.0150. The van der Waals surface area contributed by atoms with Crippen molar-refractivity contribution in [2.45, 2.75) is 12.8 Å². The van der Waals surface area contributed by atoms with Gasteiger partial charge < -0.3 is 19.6 Å². The fourth-order valence-corrected chi connectivity index (χ4v) is 4.10. The molecular weight excluding hydrogens is 417 g/mol. The number of hydrogen-bond acceptors (Lipinski definition) is 7. The summed E-state index contributed by atoms with van der Waals surface area (Å²) in [5.74, 6) is -1.16. The molecule has 2 heterocycles. The highest BCUT2D eigenvalue weighted by Crippen LogP contribution is 2.32. The van der Waals surface area contributed by atoms with Crippen molar-refractivity contribution in [3.63, 3.8) is 0 Å². The third-order valence-corrected chi connectivity index (χ3v) is 5.94. The zero-order valence-electron chi connectivity index (χ0n) is 16.9. The Balaban J connectivity index is 1.56. The van der Waals surface area contributed by atoms with Crippen LogP contribution in [0.25, 0.3) is 10.9 Å². The number of aromatic nitrogens is 1. The summed E-state index contributed by atoms with van der Waals surface area (Å²) >= 11 is 0. The molecule has 1 fully saturated rings. The Labute approximate surface area is 174 Å². The number of methoxy groups -OCH3 is 1. The summed E-state index contributed by atoms with van der Waals surface area (Å²) in [5, 5.41) is 10.4. The van der Waals surface area contributed by atoms with E-state index in [1.54, 1.807) is 0 Å². The number of rotatable bonds is 8. The number of benzene rings is 1. The van der Waals surface area contributed by atoms with Gasteiger partial charge >= 0.3 is 5.97 Å². The molecule has 0 amide bonds. The number of halogens is 1. The number of nitrogens with zero attached hydrogens (tertiary/aromatic N) is 2. The molecular formula is C19H26FN3O6S. The maximum Gasteiger partial charge on any atom is 0.344 e. The number of piperidine rings is 1. The number of esters is 1. The van der Waals surface area contributed by atoms with E-state index in [0.717, 1.165) is 38.3 Å². The molecule has 1 aromatic carbocycles. The van der Waals surface area contributed by atoms with Gasteiger partial charge in [-0.05, 0) is 50.0 Å². The zero-order valence-corrected chi connectivity index (χ0v) is 17.7. The van der Waals surface area contributed by atoms with Crippen molar-refractivity contribution in [1.82, 2.24) is 14.4 Å². The minimum Gasteiger partial charge on any atom is -0.480 e. The normalized spacial score (nSPS) is 16.1. The first-order chi connectivity index (χ1) is 14.2. The number of hydrogen-bond donors (Lipinski definition) is 2. The monoisotopic (exact) mass is 443 g/mol. The molecule has 3 rings (SSSR count). The Kier molecular flexibility index (Phi) is 6.84. The van der Waals surface area contributed by atoms with E-state index in [1.807, 2.05) is 0 Å². The van der Waals surface area contributed by atoms with Gasteiger partial charge in [0.05, 0.1) is 25.5 Å². The van der Waals surface area contributed by atoms with Gasteiger partial charge in [0.25, 0.3) is 0 Å². The predicted octanol–water partition coefficient (Wildman–Crippen LogP) is 1.44. The molecule has 1 aliphatic rings. The van der Waals surface area contributed by atoms with E-state index in [2.05, 4.69) is 9.62 Å². The lowest BCUT2D eigenvalue weighted by Gasteiger charge is -2.31. The van der Waals surface area contributed by atoms with Crippen molar-refractivity contribution in [1.29, 1.82) is 0 Å². The van der Waals surface area contributed by atoms with E-state index >= 15 is 0 Å².